The summed E-state index contributed by atoms with van der Waals surface area (Å²) in [6.07, 6.45) is 4.43. The third-order valence-corrected chi connectivity index (χ3v) is 3.39. The fourth-order valence-corrected chi connectivity index (χ4v) is 2.50. The number of rotatable bonds is 4. The lowest BCUT2D eigenvalue weighted by Crippen LogP contribution is -2.39. The lowest BCUT2D eigenvalue weighted by Gasteiger charge is -2.28. The van der Waals surface area contributed by atoms with Gasteiger partial charge in [-0.3, -0.25) is 10.1 Å². The molecule has 0 amide bonds. The number of aliphatic hydroxyl groups is 1. The monoisotopic (exact) mass is 267 g/mol. The average molecular weight is 267 g/mol. The van der Waals surface area contributed by atoms with Crippen molar-refractivity contribution >= 4 is 17.5 Å². The third kappa shape index (κ3) is 2.90. The first-order chi connectivity index (χ1) is 8.91. The lowest BCUT2D eigenvalue weighted by atomic mass is 10.0. The Morgan fingerprint density at radius 2 is 2.21 bits per heavy atom. The number of nitrogen functional groups attached to an aromatic ring is 1. The first-order valence-corrected chi connectivity index (χ1v) is 6.12. The van der Waals surface area contributed by atoms with Crippen molar-refractivity contribution in [2.24, 2.45) is 0 Å². The number of likely N-dealkylation sites (N-methyl/N-ethyl adjacent to an activating group) is 1. The minimum atomic E-state index is -0.803. The van der Waals surface area contributed by atoms with E-state index in [1.54, 1.807) is 11.9 Å². The quantitative estimate of drug-likeness (QED) is 0.609. The Labute approximate surface area is 110 Å². The van der Waals surface area contributed by atoms with Gasteiger partial charge in [0.1, 0.15) is 6.20 Å². The summed E-state index contributed by atoms with van der Waals surface area (Å²) in [6.45, 7) is 0.296. The highest BCUT2D eigenvalue weighted by Crippen LogP contribution is 2.32. The van der Waals surface area contributed by atoms with Crippen LogP contribution in [0.3, 0.4) is 0 Å². The van der Waals surface area contributed by atoms with E-state index in [-0.39, 0.29) is 17.5 Å². The molecule has 8 nitrogen and oxygen atoms in total. The molecule has 0 aliphatic heterocycles. The SMILES string of the molecule is CN(CC1(O)CCCC1)c1nc(N)ncc1[N+](=O)[O-]. The van der Waals surface area contributed by atoms with Crippen molar-refractivity contribution in [3.8, 4) is 0 Å². The zero-order valence-electron chi connectivity index (χ0n) is 10.7. The van der Waals surface area contributed by atoms with Crippen LogP contribution in [0.2, 0.25) is 0 Å². The van der Waals surface area contributed by atoms with Gasteiger partial charge in [-0.05, 0) is 12.8 Å². The van der Waals surface area contributed by atoms with Gasteiger partial charge in [-0.25, -0.2) is 4.98 Å². The summed E-state index contributed by atoms with van der Waals surface area (Å²) in [6, 6.07) is 0. The summed E-state index contributed by atoms with van der Waals surface area (Å²) in [5.41, 5.74) is 4.46. The van der Waals surface area contributed by atoms with E-state index in [2.05, 4.69) is 9.97 Å². The number of nitro groups is 1. The van der Waals surface area contributed by atoms with Gasteiger partial charge >= 0.3 is 5.69 Å². The molecule has 0 unspecified atom stereocenters. The molecule has 104 valence electrons. The maximum Gasteiger partial charge on any atom is 0.329 e. The lowest BCUT2D eigenvalue weighted by molar-refractivity contribution is -0.384. The minimum absolute atomic E-state index is 0.0224. The predicted molar refractivity (Wildman–Crippen MR) is 69.8 cm³/mol. The fourth-order valence-electron chi connectivity index (χ4n) is 2.50. The van der Waals surface area contributed by atoms with Crippen molar-refractivity contribution in [1.82, 2.24) is 9.97 Å². The molecule has 0 aromatic carbocycles. The summed E-state index contributed by atoms with van der Waals surface area (Å²) in [4.78, 5) is 19.5. The van der Waals surface area contributed by atoms with Gasteiger partial charge in [0.05, 0.1) is 10.5 Å². The van der Waals surface area contributed by atoms with Gasteiger partial charge in [0.25, 0.3) is 0 Å². The smallest absolute Gasteiger partial charge is 0.329 e. The van der Waals surface area contributed by atoms with Gasteiger partial charge in [-0.15, -0.1) is 0 Å². The van der Waals surface area contributed by atoms with Gasteiger partial charge < -0.3 is 15.7 Å². The topological polar surface area (TPSA) is 118 Å². The van der Waals surface area contributed by atoms with Crippen LogP contribution in [0, 0.1) is 10.1 Å². The van der Waals surface area contributed by atoms with E-state index in [4.69, 9.17) is 5.73 Å². The number of anilines is 2. The van der Waals surface area contributed by atoms with Crippen molar-refractivity contribution in [2.75, 3.05) is 24.2 Å². The summed E-state index contributed by atoms with van der Waals surface area (Å²) in [5.74, 6) is 0.115. The van der Waals surface area contributed by atoms with Gasteiger partial charge in [0, 0.05) is 13.6 Å². The molecule has 1 aliphatic rings. The molecule has 1 aliphatic carbocycles. The van der Waals surface area contributed by atoms with E-state index in [9.17, 15) is 15.2 Å². The van der Waals surface area contributed by atoms with Crippen LogP contribution in [0.25, 0.3) is 0 Å². The molecule has 0 spiro atoms. The van der Waals surface area contributed by atoms with Crippen molar-refractivity contribution in [1.29, 1.82) is 0 Å². The molecular weight excluding hydrogens is 250 g/mol. The molecule has 19 heavy (non-hydrogen) atoms. The predicted octanol–water partition coefficient (Wildman–Crippen LogP) is 0.708. The second-order valence-corrected chi connectivity index (χ2v) is 4.98. The van der Waals surface area contributed by atoms with E-state index in [0.29, 0.717) is 19.4 Å². The largest absolute Gasteiger partial charge is 0.388 e. The highest BCUT2D eigenvalue weighted by Gasteiger charge is 2.34. The summed E-state index contributed by atoms with van der Waals surface area (Å²) >= 11 is 0. The summed E-state index contributed by atoms with van der Waals surface area (Å²) in [7, 11) is 1.66. The Balaban J connectivity index is 2.24. The summed E-state index contributed by atoms with van der Waals surface area (Å²) < 4.78 is 0. The minimum Gasteiger partial charge on any atom is -0.388 e. The molecule has 1 saturated carbocycles. The normalized spacial score (nSPS) is 17.4. The van der Waals surface area contributed by atoms with Crippen LogP contribution in [0.5, 0.6) is 0 Å². The van der Waals surface area contributed by atoms with Gasteiger partial charge in [0.2, 0.25) is 11.8 Å². The van der Waals surface area contributed by atoms with Crippen molar-refractivity contribution in [2.45, 2.75) is 31.3 Å². The van der Waals surface area contributed by atoms with Crippen LogP contribution in [-0.4, -0.2) is 39.2 Å². The fraction of sp³-hybridized carbons (Fsp3) is 0.636. The molecule has 3 N–H and O–H groups in total. The summed E-state index contributed by atoms with van der Waals surface area (Å²) in [5, 5.41) is 21.3. The molecule has 0 saturated heterocycles. The van der Waals surface area contributed by atoms with Crippen LogP contribution < -0.4 is 10.6 Å². The average Bonchev–Trinajstić information content (AvgIpc) is 2.75. The molecule has 2 rings (SSSR count). The van der Waals surface area contributed by atoms with Crippen LogP contribution in [-0.2, 0) is 0 Å². The standard InChI is InChI=1S/C11H17N5O3/c1-15(7-11(17)4-2-3-5-11)9-8(16(18)19)6-13-10(12)14-9/h6,17H,2-5,7H2,1H3,(H2,12,13,14). The Kier molecular flexibility index (Phi) is 3.52. The van der Waals surface area contributed by atoms with Gasteiger partial charge in [-0.2, -0.15) is 4.98 Å². The molecule has 1 aromatic heterocycles. The number of nitrogens with two attached hydrogens (primary N) is 1. The first-order valence-electron chi connectivity index (χ1n) is 6.12. The van der Waals surface area contributed by atoms with Crippen LogP contribution in [0.1, 0.15) is 25.7 Å². The van der Waals surface area contributed by atoms with Crippen LogP contribution >= 0.6 is 0 Å². The Bertz CT molecular complexity index is 487. The van der Waals surface area contributed by atoms with E-state index < -0.39 is 10.5 Å². The number of aromatic nitrogens is 2. The Morgan fingerprint density at radius 3 is 2.79 bits per heavy atom. The second kappa shape index (κ2) is 4.96. The molecule has 8 heteroatoms. The van der Waals surface area contributed by atoms with Crippen molar-refractivity contribution < 1.29 is 10.0 Å². The second-order valence-electron chi connectivity index (χ2n) is 4.98. The van der Waals surface area contributed by atoms with Crippen molar-refractivity contribution in [3.05, 3.63) is 16.3 Å². The van der Waals surface area contributed by atoms with Crippen LogP contribution in [0.15, 0.2) is 6.20 Å². The molecule has 1 aromatic rings. The molecule has 0 bridgehead atoms. The van der Waals surface area contributed by atoms with E-state index in [1.165, 1.54) is 0 Å². The van der Waals surface area contributed by atoms with E-state index >= 15 is 0 Å². The Hall–Kier alpha value is -1.96. The maximum atomic E-state index is 11.0. The molecule has 0 radical (unpaired) electrons. The van der Waals surface area contributed by atoms with E-state index in [1.807, 2.05) is 0 Å². The van der Waals surface area contributed by atoms with Gasteiger partial charge in [-0.1, -0.05) is 12.8 Å². The molecule has 1 heterocycles. The maximum absolute atomic E-state index is 11.0. The first kappa shape index (κ1) is 13.5. The number of hydrogen-bond acceptors (Lipinski definition) is 7. The molecule has 1 fully saturated rings. The van der Waals surface area contributed by atoms with Crippen molar-refractivity contribution in [3.63, 3.8) is 0 Å². The zero-order chi connectivity index (χ0) is 14.0. The van der Waals surface area contributed by atoms with Gasteiger partial charge in [0.15, 0.2) is 0 Å². The van der Waals surface area contributed by atoms with E-state index in [0.717, 1.165) is 19.0 Å². The zero-order valence-corrected chi connectivity index (χ0v) is 10.7. The van der Waals surface area contributed by atoms with Crippen LogP contribution in [0.4, 0.5) is 17.5 Å². The highest BCUT2D eigenvalue weighted by atomic mass is 16.6. The number of nitrogens with zero attached hydrogens (tertiary/aromatic N) is 4. The number of hydrogen-bond donors (Lipinski definition) is 2. The molecule has 0 atom stereocenters. The highest BCUT2D eigenvalue weighted by molar-refractivity contribution is 5.58. The third-order valence-electron chi connectivity index (χ3n) is 3.39. The Morgan fingerprint density at radius 1 is 1.58 bits per heavy atom. The molecular formula is C11H17N5O3.